The highest BCUT2D eigenvalue weighted by atomic mass is 127. The molecule has 0 aliphatic carbocycles. The second-order valence-electron chi connectivity index (χ2n) is 6.93. The zero-order valence-electron chi connectivity index (χ0n) is 17.1. The van der Waals surface area contributed by atoms with Crippen LogP contribution in [0.15, 0.2) is 47.7 Å². The number of benzene rings is 1. The first kappa shape index (κ1) is 23.2. The number of ether oxygens (including phenoxy) is 1. The van der Waals surface area contributed by atoms with E-state index in [0.717, 1.165) is 45.0 Å². The number of aromatic nitrogens is 2. The van der Waals surface area contributed by atoms with Gasteiger partial charge in [-0.15, -0.1) is 24.0 Å². The highest BCUT2D eigenvalue weighted by Crippen LogP contribution is 2.19. The normalized spacial score (nSPS) is 15.0. The predicted octanol–water partition coefficient (Wildman–Crippen LogP) is 2.90. The van der Waals surface area contributed by atoms with Crippen LogP contribution in [-0.4, -0.2) is 53.4 Å². The van der Waals surface area contributed by atoms with Gasteiger partial charge in [0.2, 0.25) is 0 Å². The molecule has 7 nitrogen and oxygen atoms in total. The maximum Gasteiger partial charge on any atom is 0.308 e. The summed E-state index contributed by atoms with van der Waals surface area (Å²) in [7, 11) is 1.46. The molecular formula is C21H30IN5O2. The lowest BCUT2D eigenvalue weighted by atomic mass is 9.97. The van der Waals surface area contributed by atoms with Gasteiger partial charge < -0.3 is 15.0 Å². The molecule has 0 bridgehead atoms. The largest absolute Gasteiger partial charge is 0.469 e. The van der Waals surface area contributed by atoms with Gasteiger partial charge in [-0.2, -0.15) is 5.10 Å². The highest BCUT2D eigenvalue weighted by Gasteiger charge is 2.26. The topological polar surface area (TPSA) is 71.8 Å². The first-order valence-electron chi connectivity index (χ1n) is 9.86. The molecule has 29 heavy (non-hydrogen) atoms. The Bertz CT molecular complexity index is 786. The molecule has 0 atom stereocenters. The van der Waals surface area contributed by atoms with Crippen molar-refractivity contribution in [2.24, 2.45) is 10.9 Å². The van der Waals surface area contributed by atoms with Crippen LogP contribution in [0.5, 0.6) is 0 Å². The molecule has 158 valence electrons. The third-order valence-corrected chi connectivity index (χ3v) is 5.07. The lowest BCUT2D eigenvalue weighted by molar-refractivity contribution is -0.146. The van der Waals surface area contributed by atoms with Gasteiger partial charge in [0.15, 0.2) is 5.96 Å². The van der Waals surface area contributed by atoms with Crippen molar-refractivity contribution in [3.8, 4) is 0 Å². The summed E-state index contributed by atoms with van der Waals surface area (Å²) >= 11 is 0. The number of halogens is 1. The van der Waals surface area contributed by atoms with Gasteiger partial charge in [-0.05, 0) is 37.0 Å². The average molecular weight is 511 g/mol. The van der Waals surface area contributed by atoms with Crippen LogP contribution >= 0.6 is 24.0 Å². The van der Waals surface area contributed by atoms with Gasteiger partial charge in [0.05, 0.1) is 26.1 Å². The monoisotopic (exact) mass is 511 g/mol. The first-order valence-corrected chi connectivity index (χ1v) is 9.86. The summed E-state index contributed by atoms with van der Waals surface area (Å²) in [6.45, 7) is 5.84. The molecule has 0 saturated carbocycles. The van der Waals surface area contributed by atoms with E-state index >= 15 is 0 Å². The zero-order chi connectivity index (χ0) is 19.8. The number of guanidine groups is 1. The van der Waals surface area contributed by atoms with E-state index in [1.807, 2.05) is 23.0 Å². The lowest BCUT2D eigenvalue weighted by Gasteiger charge is -2.33. The van der Waals surface area contributed by atoms with Gasteiger partial charge in [-0.1, -0.05) is 24.3 Å². The number of carbonyl (C=O) groups excluding carboxylic acids is 1. The van der Waals surface area contributed by atoms with Crippen LogP contribution in [0.1, 0.15) is 30.9 Å². The van der Waals surface area contributed by atoms with E-state index in [9.17, 15) is 4.79 Å². The first-order chi connectivity index (χ1) is 13.7. The molecule has 2 aromatic rings. The Balaban J connectivity index is 0.00000300. The standard InChI is InChI=1S/C21H29N5O2.HI/c1-3-22-21(25-13-9-17(10-14-25)20(27)28-2)23-15-18-7-4-5-8-19(18)16-26-12-6-11-24-26;/h4-8,11-12,17H,3,9-10,13-16H2,1-2H3,(H,22,23);1H. The maximum absolute atomic E-state index is 11.8. The molecule has 8 heteroatoms. The number of piperidine rings is 1. The Morgan fingerprint density at radius 2 is 1.97 bits per heavy atom. The van der Waals surface area contributed by atoms with Gasteiger partial charge in [-0.25, -0.2) is 4.99 Å². The van der Waals surface area contributed by atoms with Crippen LogP contribution in [0.2, 0.25) is 0 Å². The maximum atomic E-state index is 11.8. The van der Waals surface area contributed by atoms with Crippen molar-refractivity contribution in [3.05, 3.63) is 53.9 Å². The number of esters is 1. The number of hydrogen-bond acceptors (Lipinski definition) is 4. The quantitative estimate of drug-likeness (QED) is 0.280. The molecule has 1 aromatic carbocycles. The number of rotatable bonds is 6. The molecular weight excluding hydrogens is 481 g/mol. The molecule has 1 fully saturated rings. The summed E-state index contributed by atoms with van der Waals surface area (Å²) in [5, 5.41) is 7.69. The van der Waals surface area contributed by atoms with Gasteiger partial charge >= 0.3 is 5.97 Å². The molecule has 0 unspecified atom stereocenters. The summed E-state index contributed by atoms with van der Waals surface area (Å²) in [6.07, 6.45) is 5.36. The summed E-state index contributed by atoms with van der Waals surface area (Å²) < 4.78 is 6.81. The number of methoxy groups -OCH3 is 1. The van der Waals surface area contributed by atoms with Crippen molar-refractivity contribution in [2.45, 2.75) is 32.9 Å². The minimum Gasteiger partial charge on any atom is -0.469 e. The van der Waals surface area contributed by atoms with Crippen molar-refractivity contribution in [3.63, 3.8) is 0 Å². The van der Waals surface area contributed by atoms with E-state index < -0.39 is 0 Å². The Morgan fingerprint density at radius 1 is 1.24 bits per heavy atom. The second-order valence-corrected chi connectivity index (χ2v) is 6.93. The van der Waals surface area contributed by atoms with Gasteiger partial charge in [0.1, 0.15) is 0 Å². The summed E-state index contributed by atoms with van der Waals surface area (Å²) in [4.78, 5) is 18.9. The fourth-order valence-electron chi connectivity index (χ4n) is 3.51. The van der Waals surface area contributed by atoms with E-state index in [1.54, 1.807) is 6.20 Å². The van der Waals surface area contributed by atoms with E-state index in [-0.39, 0.29) is 35.9 Å². The molecule has 2 heterocycles. The van der Waals surface area contributed by atoms with Crippen LogP contribution in [-0.2, 0) is 22.6 Å². The van der Waals surface area contributed by atoms with Gasteiger partial charge in [0.25, 0.3) is 0 Å². The molecule has 1 aliphatic heterocycles. The van der Waals surface area contributed by atoms with Crippen LogP contribution < -0.4 is 5.32 Å². The Morgan fingerprint density at radius 3 is 2.59 bits per heavy atom. The van der Waals surface area contributed by atoms with Crippen molar-refractivity contribution in [2.75, 3.05) is 26.7 Å². The van der Waals surface area contributed by atoms with Crippen molar-refractivity contribution < 1.29 is 9.53 Å². The van der Waals surface area contributed by atoms with E-state index in [0.29, 0.717) is 6.54 Å². The predicted molar refractivity (Wildman–Crippen MR) is 124 cm³/mol. The highest BCUT2D eigenvalue weighted by molar-refractivity contribution is 14.0. The van der Waals surface area contributed by atoms with Crippen molar-refractivity contribution >= 4 is 35.9 Å². The number of likely N-dealkylation sites (tertiary alicyclic amines) is 1. The molecule has 1 aromatic heterocycles. The molecule has 1 N–H and O–H groups in total. The van der Waals surface area contributed by atoms with Crippen LogP contribution in [0.3, 0.4) is 0 Å². The Hall–Kier alpha value is -2.10. The van der Waals surface area contributed by atoms with Gasteiger partial charge in [-0.3, -0.25) is 9.48 Å². The number of nitrogens with zero attached hydrogens (tertiary/aromatic N) is 4. The second kappa shape index (κ2) is 11.8. The van der Waals surface area contributed by atoms with Crippen molar-refractivity contribution in [1.82, 2.24) is 20.0 Å². The zero-order valence-corrected chi connectivity index (χ0v) is 19.4. The fraction of sp³-hybridized carbons (Fsp3) is 0.476. The van der Waals surface area contributed by atoms with Crippen LogP contribution in [0.4, 0.5) is 0 Å². The SMILES string of the molecule is CCNC(=NCc1ccccc1Cn1cccn1)N1CCC(C(=O)OC)CC1.I. The number of aliphatic imine (C=N–C) groups is 1. The third-order valence-electron chi connectivity index (χ3n) is 5.07. The fourth-order valence-corrected chi connectivity index (χ4v) is 3.51. The third kappa shape index (κ3) is 6.45. The Kier molecular flexibility index (Phi) is 9.43. The smallest absolute Gasteiger partial charge is 0.308 e. The number of carbonyl (C=O) groups is 1. The summed E-state index contributed by atoms with van der Waals surface area (Å²) in [5.41, 5.74) is 2.41. The molecule has 1 saturated heterocycles. The van der Waals surface area contributed by atoms with E-state index in [4.69, 9.17) is 9.73 Å². The molecule has 1 aliphatic rings. The molecule has 3 rings (SSSR count). The number of hydrogen-bond donors (Lipinski definition) is 1. The minimum absolute atomic E-state index is 0. The van der Waals surface area contributed by atoms with Crippen LogP contribution in [0.25, 0.3) is 0 Å². The summed E-state index contributed by atoms with van der Waals surface area (Å²) in [5.74, 6) is 0.799. The molecule has 0 radical (unpaired) electrons. The summed E-state index contributed by atoms with van der Waals surface area (Å²) in [6, 6.07) is 10.3. The van der Waals surface area contributed by atoms with E-state index in [1.165, 1.54) is 18.2 Å². The average Bonchev–Trinajstić information content (AvgIpc) is 3.25. The minimum atomic E-state index is -0.103. The molecule has 0 amide bonds. The van der Waals surface area contributed by atoms with Crippen LogP contribution in [0, 0.1) is 5.92 Å². The number of nitrogens with one attached hydrogen (secondary N) is 1. The van der Waals surface area contributed by atoms with Gasteiger partial charge in [0, 0.05) is 32.0 Å². The molecule has 0 spiro atoms. The Labute approximate surface area is 189 Å². The van der Waals surface area contributed by atoms with E-state index in [2.05, 4.69) is 40.4 Å². The van der Waals surface area contributed by atoms with Crippen molar-refractivity contribution in [1.29, 1.82) is 0 Å². The lowest BCUT2D eigenvalue weighted by Crippen LogP contribution is -2.46.